The molecule has 0 saturated carbocycles. The number of morpholine rings is 1. The molecule has 1 aromatic rings. The number of benzene rings is 1. The van der Waals surface area contributed by atoms with Crippen LogP contribution in [0.25, 0.3) is 0 Å². The van der Waals surface area contributed by atoms with Crippen molar-refractivity contribution in [2.24, 2.45) is 0 Å². The van der Waals surface area contributed by atoms with Crippen molar-refractivity contribution in [1.82, 2.24) is 4.90 Å². The molecule has 120 valence electrons. The van der Waals surface area contributed by atoms with E-state index in [9.17, 15) is 0 Å². The van der Waals surface area contributed by atoms with Gasteiger partial charge in [0.1, 0.15) is 0 Å². The van der Waals surface area contributed by atoms with Gasteiger partial charge >= 0.3 is 0 Å². The van der Waals surface area contributed by atoms with Crippen molar-refractivity contribution in [3.63, 3.8) is 0 Å². The largest absolute Gasteiger partial charge is 0.345 e. The Bertz CT molecular complexity index is 388. The fourth-order valence-corrected chi connectivity index (χ4v) is 2.64. The Balaban J connectivity index is 0.00000220. The fourth-order valence-electron chi connectivity index (χ4n) is 2.64. The molecular formula is C17H28ClNO2. The second-order valence-electron chi connectivity index (χ2n) is 5.45. The standard InChI is InChI=1S/C17H27NO2.ClH/c1-3-5-11-18-12-14-20-17(15-18,19-13-4-2)16-9-7-6-8-10-16;/h6-10H,3-5,11-15H2,1-2H3;1H. The fraction of sp³-hybridized carbons (Fsp3) is 0.647. The molecule has 0 aliphatic carbocycles. The summed E-state index contributed by atoms with van der Waals surface area (Å²) in [5.41, 5.74) is 1.13. The van der Waals surface area contributed by atoms with Gasteiger partial charge in [-0.25, -0.2) is 0 Å². The summed E-state index contributed by atoms with van der Waals surface area (Å²) in [5, 5.41) is 0. The quantitative estimate of drug-likeness (QED) is 0.764. The van der Waals surface area contributed by atoms with Crippen LogP contribution in [-0.4, -0.2) is 37.7 Å². The maximum atomic E-state index is 6.15. The minimum Gasteiger partial charge on any atom is -0.345 e. The molecule has 1 aliphatic heterocycles. The number of nitrogens with zero attached hydrogens (tertiary/aromatic N) is 1. The molecule has 0 aromatic heterocycles. The summed E-state index contributed by atoms with van der Waals surface area (Å²) in [7, 11) is 0. The van der Waals surface area contributed by atoms with Crippen LogP contribution < -0.4 is 0 Å². The molecule has 1 saturated heterocycles. The van der Waals surface area contributed by atoms with E-state index in [0.29, 0.717) is 0 Å². The zero-order chi connectivity index (χ0) is 14.3. The maximum absolute atomic E-state index is 6.15. The molecular weight excluding hydrogens is 286 g/mol. The van der Waals surface area contributed by atoms with Crippen LogP contribution in [0.15, 0.2) is 30.3 Å². The van der Waals surface area contributed by atoms with Crippen molar-refractivity contribution in [1.29, 1.82) is 0 Å². The average Bonchev–Trinajstić information content (AvgIpc) is 2.52. The summed E-state index contributed by atoms with van der Waals surface area (Å²) in [6, 6.07) is 10.4. The number of hydrogen-bond donors (Lipinski definition) is 0. The van der Waals surface area contributed by atoms with Gasteiger partial charge in [-0.3, -0.25) is 4.90 Å². The molecule has 21 heavy (non-hydrogen) atoms. The van der Waals surface area contributed by atoms with Gasteiger partial charge in [0.25, 0.3) is 0 Å². The maximum Gasteiger partial charge on any atom is 0.208 e. The Morgan fingerprint density at radius 2 is 1.95 bits per heavy atom. The lowest BCUT2D eigenvalue weighted by Crippen LogP contribution is -2.51. The van der Waals surface area contributed by atoms with Gasteiger partial charge in [-0.15, -0.1) is 12.4 Å². The molecule has 1 aliphatic rings. The molecule has 4 heteroatoms. The second-order valence-corrected chi connectivity index (χ2v) is 5.45. The first-order valence-corrected chi connectivity index (χ1v) is 7.86. The topological polar surface area (TPSA) is 21.7 Å². The minimum atomic E-state index is -0.580. The summed E-state index contributed by atoms with van der Waals surface area (Å²) in [6.45, 7) is 8.80. The predicted octanol–water partition coefficient (Wildman–Crippen LogP) is 3.82. The Hall–Kier alpha value is -0.610. The number of halogens is 1. The lowest BCUT2D eigenvalue weighted by atomic mass is 10.0. The molecule has 1 atom stereocenters. The van der Waals surface area contributed by atoms with E-state index in [4.69, 9.17) is 9.47 Å². The number of rotatable bonds is 7. The van der Waals surface area contributed by atoms with Crippen molar-refractivity contribution >= 4 is 12.4 Å². The van der Waals surface area contributed by atoms with E-state index in [1.165, 1.54) is 12.8 Å². The summed E-state index contributed by atoms with van der Waals surface area (Å²) < 4.78 is 12.3. The highest BCUT2D eigenvalue weighted by atomic mass is 35.5. The highest BCUT2D eigenvalue weighted by Crippen LogP contribution is 2.31. The van der Waals surface area contributed by atoms with Crippen LogP contribution in [-0.2, 0) is 15.3 Å². The lowest BCUT2D eigenvalue weighted by Gasteiger charge is -2.42. The molecule has 0 N–H and O–H groups in total. The summed E-state index contributed by atoms with van der Waals surface area (Å²) in [4.78, 5) is 2.47. The molecule has 3 nitrogen and oxygen atoms in total. The predicted molar refractivity (Wildman–Crippen MR) is 88.9 cm³/mol. The second kappa shape index (κ2) is 9.42. The van der Waals surface area contributed by atoms with Crippen LogP contribution in [0.4, 0.5) is 0 Å². The van der Waals surface area contributed by atoms with Gasteiger partial charge in [-0.05, 0) is 19.4 Å². The van der Waals surface area contributed by atoms with E-state index >= 15 is 0 Å². The van der Waals surface area contributed by atoms with Crippen LogP contribution >= 0.6 is 12.4 Å². The Kier molecular flexibility index (Phi) is 8.27. The van der Waals surface area contributed by atoms with Gasteiger partial charge in [0, 0.05) is 12.1 Å². The molecule has 1 unspecified atom stereocenters. The third-order valence-corrected chi connectivity index (χ3v) is 3.76. The van der Waals surface area contributed by atoms with Gasteiger partial charge < -0.3 is 9.47 Å². The Morgan fingerprint density at radius 3 is 2.62 bits per heavy atom. The third-order valence-electron chi connectivity index (χ3n) is 3.76. The van der Waals surface area contributed by atoms with Gasteiger partial charge in [-0.2, -0.15) is 0 Å². The molecule has 0 bridgehead atoms. The van der Waals surface area contributed by atoms with E-state index in [0.717, 1.165) is 44.8 Å². The summed E-state index contributed by atoms with van der Waals surface area (Å²) in [6.07, 6.45) is 3.47. The van der Waals surface area contributed by atoms with Crippen LogP contribution in [0.1, 0.15) is 38.7 Å². The first-order valence-electron chi connectivity index (χ1n) is 7.86. The minimum absolute atomic E-state index is 0. The highest BCUT2D eigenvalue weighted by molar-refractivity contribution is 5.85. The molecule has 0 spiro atoms. The molecule has 1 fully saturated rings. The lowest BCUT2D eigenvalue weighted by molar-refractivity contribution is -0.276. The van der Waals surface area contributed by atoms with Gasteiger partial charge in [0.2, 0.25) is 5.79 Å². The van der Waals surface area contributed by atoms with Crippen molar-refractivity contribution in [2.45, 2.75) is 38.9 Å². The number of unbranched alkanes of at least 4 members (excludes halogenated alkanes) is 1. The molecule has 1 aromatic carbocycles. The highest BCUT2D eigenvalue weighted by Gasteiger charge is 2.39. The van der Waals surface area contributed by atoms with Crippen LogP contribution in [0, 0.1) is 0 Å². The van der Waals surface area contributed by atoms with Crippen molar-refractivity contribution in [3.05, 3.63) is 35.9 Å². The molecule has 0 amide bonds. The first-order chi connectivity index (χ1) is 9.80. The number of hydrogen-bond acceptors (Lipinski definition) is 3. The molecule has 0 radical (unpaired) electrons. The van der Waals surface area contributed by atoms with E-state index in [2.05, 4.69) is 43.0 Å². The van der Waals surface area contributed by atoms with Crippen molar-refractivity contribution in [2.75, 3.05) is 32.8 Å². The zero-order valence-electron chi connectivity index (χ0n) is 13.2. The van der Waals surface area contributed by atoms with Crippen LogP contribution in [0.2, 0.25) is 0 Å². The average molecular weight is 314 g/mol. The Morgan fingerprint density at radius 1 is 1.19 bits per heavy atom. The van der Waals surface area contributed by atoms with Crippen molar-refractivity contribution < 1.29 is 9.47 Å². The summed E-state index contributed by atoms with van der Waals surface area (Å²) >= 11 is 0. The van der Waals surface area contributed by atoms with Crippen molar-refractivity contribution in [3.8, 4) is 0 Å². The van der Waals surface area contributed by atoms with Gasteiger partial charge in [-0.1, -0.05) is 50.6 Å². The zero-order valence-corrected chi connectivity index (χ0v) is 14.0. The van der Waals surface area contributed by atoms with Crippen LogP contribution in [0.5, 0.6) is 0 Å². The Labute approximate surface area is 135 Å². The van der Waals surface area contributed by atoms with Gasteiger partial charge in [0.15, 0.2) is 0 Å². The van der Waals surface area contributed by atoms with E-state index in [1.807, 2.05) is 6.07 Å². The first kappa shape index (κ1) is 18.4. The molecule has 1 heterocycles. The third kappa shape index (κ3) is 4.96. The smallest absolute Gasteiger partial charge is 0.208 e. The SMILES string of the molecule is CCCCN1CCOC(OCCC)(c2ccccc2)C1.Cl. The number of ether oxygens (including phenoxy) is 2. The molecule has 2 rings (SSSR count). The van der Waals surface area contributed by atoms with Crippen LogP contribution in [0.3, 0.4) is 0 Å². The van der Waals surface area contributed by atoms with Gasteiger partial charge in [0.05, 0.1) is 19.8 Å². The van der Waals surface area contributed by atoms with E-state index < -0.39 is 5.79 Å². The monoisotopic (exact) mass is 313 g/mol. The van der Waals surface area contributed by atoms with E-state index in [1.54, 1.807) is 0 Å². The normalized spacial score (nSPS) is 22.8. The summed E-state index contributed by atoms with van der Waals surface area (Å²) in [5.74, 6) is -0.580. The van der Waals surface area contributed by atoms with E-state index in [-0.39, 0.29) is 12.4 Å².